The third kappa shape index (κ3) is 0.960. The number of aliphatic imine (C=N–C) groups is 1. The van der Waals surface area contributed by atoms with Gasteiger partial charge in [0.25, 0.3) is 0 Å². The number of aldehydes is 1. The van der Waals surface area contributed by atoms with Crippen molar-refractivity contribution in [1.29, 1.82) is 0 Å². The Bertz CT molecular complexity index is 313. The number of aryl methyl sites for hydroxylation is 1. The topological polar surface area (TPSA) is 47.2 Å². The van der Waals surface area contributed by atoms with E-state index >= 15 is 0 Å². The third-order valence-corrected chi connectivity index (χ3v) is 1.60. The van der Waals surface area contributed by atoms with Crippen LogP contribution in [0.3, 0.4) is 0 Å². The minimum atomic E-state index is 0.457. The minimum absolute atomic E-state index is 0.457. The molecule has 0 aliphatic carbocycles. The van der Waals surface area contributed by atoms with Crippen LogP contribution < -0.4 is 0 Å². The summed E-state index contributed by atoms with van der Waals surface area (Å²) in [6, 6.07) is 0. The zero-order chi connectivity index (χ0) is 7.68. The standard InChI is InChI=1S/C7H7N3O/c11-5-6-4-10-3-1-2-8-7(10)9-6/h2,4-5H,1,3H2. The summed E-state index contributed by atoms with van der Waals surface area (Å²) in [5.74, 6) is 0.637. The van der Waals surface area contributed by atoms with Crippen LogP contribution in [0.25, 0.3) is 0 Å². The Morgan fingerprint density at radius 3 is 3.27 bits per heavy atom. The van der Waals surface area contributed by atoms with Gasteiger partial charge in [0.15, 0.2) is 6.29 Å². The zero-order valence-corrected chi connectivity index (χ0v) is 5.90. The van der Waals surface area contributed by atoms with Crippen LogP contribution in [-0.4, -0.2) is 22.1 Å². The van der Waals surface area contributed by atoms with E-state index < -0.39 is 0 Å². The van der Waals surface area contributed by atoms with Crippen molar-refractivity contribution in [3.05, 3.63) is 11.9 Å². The molecule has 0 aromatic carbocycles. The van der Waals surface area contributed by atoms with Gasteiger partial charge in [-0.3, -0.25) is 4.79 Å². The molecule has 0 spiro atoms. The summed E-state index contributed by atoms with van der Waals surface area (Å²) in [5.41, 5.74) is 0.457. The molecule has 2 heterocycles. The summed E-state index contributed by atoms with van der Waals surface area (Å²) in [5, 5.41) is 0. The van der Waals surface area contributed by atoms with Gasteiger partial charge in [-0.1, -0.05) is 0 Å². The Hall–Kier alpha value is -1.45. The molecule has 0 saturated heterocycles. The number of hydrogen-bond donors (Lipinski definition) is 0. The lowest BCUT2D eigenvalue weighted by Gasteiger charge is -2.04. The van der Waals surface area contributed by atoms with E-state index in [1.807, 2.05) is 10.8 Å². The van der Waals surface area contributed by atoms with Crippen LogP contribution in [0, 0.1) is 0 Å². The first kappa shape index (κ1) is 6.27. The smallest absolute Gasteiger partial charge is 0.229 e. The van der Waals surface area contributed by atoms with Crippen molar-refractivity contribution in [3.8, 4) is 0 Å². The van der Waals surface area contributed by atoms with Crippen LogP contribution in [0.4, 0.5) is 5.95 Å². The van der Waals surface area contributed by atoms with Crippen LogP contribution in [-0.2, 0) is 6.54 Å². The highest BCUT2D eigenvalue weighted by molar-refractivity contribution is 5.73. The molecule has 2 rings (SSSR count). The van der Waals surface area contributed by atoms with Gasteiger partial charge in [-0.25, -0.2) is 9.98 Å². The van der Waals surface area contributed by atoms with E-state index in [4.69, 9.17) is 0 Å². The predicted octanol–water partition coefficient (Wildman–Crippen LogP) is 0.802. The minimum Gasteiger partial charge on any atom is -0.315 e. The monoisotopic (exact) mass is 149 g/mol. The molecule has 0 bridgehead atoms. The van der Waals surface area contributed by atoms with Gasteiger partial charge in [0, 0.05) is 25.4 Å². The number of hydrogen-bond acceptors (Lipinski definition) is 3. The largest absolute Gasteiger partial charge is 0.315 e. The fourth-order valence-corrected chi connectivity index (χ4v) is 1.09. The van der Waals surface area contributed by atoms with Gasteiger partial charge in [-0.15, -0.1) is 0 Å². The van der Waals surface area contributed by atoms with Crippen molar-refractivity contribution in [2.75, 3.05) is 0 Å². The first-order valence-corrected chi connectivity index (χ1v) is 3.45. The maximum Gasteiger partial charge on any atom is 0.229 e. The van der Waals surface area contributed by atoms with E-state index in [9.17, 15) is 4.79 Å². The number of rotatable bonds is 1. The second-order valence-electron chi connectivity index (χ2n) is 2.38. The zero-order valence-electron chi connectivity index (χ0n) is 5.90. The number of carbonyl (C=O) groups is 1. The lowest BCUT2D eigenvalue weighted by atomic mass is 10.4. The fourth-order valence-electron chi connectivity index (χ4n) is 1.09. The Morgan fingerprint density at radius 1 is 1.64 bits per heavy atom. The summed E-state index contributed by atoms with van der Waals surface area (Å²) in [6.45, 7) is 0.875. The van der Waals surface area contributed by atoms with Gasteiger partial charge >= 0.3 is 0 Å². The number of fused-ring (bicyclic) bond motifs is 1. The Balaban J connectivity index is 2.49. The Kier molecular flexibility index (Phi) is 1.31. The predicted molar refractivity (Wildman–Crippen MR) is 40.4 cm³/mol. The molecular weight excluding hydrogens is 142 g/mol. The average molecular weight is 149 g/mol. The molecule has 0 unspecified atom stereocenters. The Labute approximate surface area is 63.6 Å². The molecule has 11 heavy (non-hydrogen) atoms. The van der Waals surface area contributed by atoms with Crippen LogP contribution in [0.2, 0.25) is 0 Å². The SMILES string of the molecule is O=Cc1cn2c(n1)N=CCC2. The molecule has 0 amide bonds. The maximum atomic E-state index is 10.3. The van der Waals surface area contributed by atoms with Gasteiger partial charge in [0.1, 0.15) is 5.69 Å². The lowest BCUT2D eigenvalue weighted by Crippen LogP contribution is -2.00. The highest BCUT2D eigenvalue weighted by atomic mass is 16.1. The van der Waals surface area contributed by atoms with Gasteiger partial charge in [-0.2, -0.15) is 0 Å². The van der Waals surface area contributed by atoms with E-state index in [1.54, 1.807) is 6.20 Å². The van der Waals surface area contributed by atoms with Crippen molar-refractivity contribution in [2.24, 2.45) is 4.99 Å². The third-order valence-electron chi connectivity index (χ3n) is 1.60. The maximum absolute atomic E-state index is 10.3. The van der Waals surface area contributed by atoms with E-state index in [2.05, 4.69) is 9.98 Å². The van der Waals surface area contributed by atoms with Crippen LogP contribution in [0.5, 0.6) is 0 Å². The molecule has 4 heteroatoms. The molecule has 0 N–H and O–H groups in total. The van der Waals surface area contributed by atoms with Crippen molar-refractivity contribution in [3.63, 3.8) is 0 Å². The van der Waals surface area contributed by atoms with Crippen molar-refractivity contribution in [1.82, 2.24) is 9.55 Å². The van der Waals surface area contributed by atoms with E-state index in [1.165, 1.54) is 0 Å². The van der Waals surface area contributed by atoms with E-state index in [0.29, 0.717) is 11.6 Å². The molecule has 56 valence electrons. The van der Waals surface area contributed by atoms with Crippen LogP contribution >= 0.6 is 0 Å². The quantitative estimate of drug-likeness (QED) is 0.554. The fraction of sp³-hybridized carbons (Fsp3) is 0.286. The first-order chi connectivity index (χ1) is 5.40. The summed E-state index contributed by atoms with van der Waals surface area (Å²) in [4.78, 5) is 18.3. The summed E-state index contributed by atoms with van der Waals surface area (Å²) < 4.78 is 1.88. The summed E-state index contributed by atoms with van der Waals surface area (Å²) >= 11 is 0. The van der Waals surface area contributed by atoms with Gasteiger partial charge in [0.2, 0.25) is 5.95 Å². The van der Waals surface area contributed by atoms with Gasteiger partial charge < -0.3 is 4.57 Å². The molecule has 1 aromatic heterocycles. The van der Waals surface area contributed by atoms with Crippen LogP contribution in [0.1, 0.15) is 16.9 Å². The normalized spacial score (nSPS) is 14.5. The molecule has 4 nitrogen and oxygen atoms in total. The van der Waals surface area contributed by atoms with Gasteiger partial charge in [-0.05, 0) is 0 Å². The molecule has 0 atom stereocenters. The molecule has 1 aliphatic heterocycles. The molecule has 1 aliphatic rings. The number of nitrogens with zero attached hydrogens (tertiary/aromatic N) is 3. The second-order valence-corrected chi connectivity index (χ2v) is 2.38. The average Bonchev–Trinajstić information content (AvgIpc) is 2.46. The van der Waals surface area contributed by atoms with Crippen molar-refractivity contribution >= 4 is 18.4 Å². The summed E-state index contributed by atoms with van der Waals surface area (Å²) in [6.07, 6.45) is 5.19. The molecular formula is C7H7N3O. The van der Waals surface area contributed by atoms with E-state index in [0.717, 1.165) is 19.3 Å². The van der Waals surface area contributed by atoms with Crippen molar-refractivity contribution < 1.29 is 4.79 Å². The lowest BCUT2D eigenvalue weighted by molar-refractivity contribution is 0.111. The highest BCUT2D eigenvalue weighted by Crippen LogP contribution is 2.14. The van der Waals surface area contributed by atoms with E-state index in [-0.39, 0.29) is 0 Å². The Morgan fingerprint density at radius 2 is 2.55 bits per heavy atom. The number of aromatic nitrogens is 2. The molecule has 0 saturated carbocycles. The molecule has 0 radical (unpaired) electrons. The van der Waals surface area contributed by atoms with Crippen LogP contribution in [0.15, 0.2) is 11.2 Å². The first-order valence-electron chi connectivity index (χ1n) is 3.45. The van der Waals surface area contributed by atoms with Gasteiger partial charge in [0.05, 0.1) is 0 Å². The number of imidazole rings is 1. The van der Waals surface area contributed by atoms with Crippen molar-refractivity contribution in [2.45, 2.75) is 13.0 Å². The highest BCUT2D eigenvalue weighted by Gasteiger charge is 2.07. The molecule has 1 aromatic rings. The number of carbonyl (C=O) groups excluding carboxylic acids is 1. The summed E-state index contributed by atoms with van der Waals surface area (Å²) in [7, 11) is 0. The molecule has 0 fully saturated rings. The second kappa shape index (κ2) is 2.30.